The van der Waals surface area contributed by atoms with E-state index in [1.54, 1.807) is 0 Å². The Morgan fingerprint density at radius 3 is 2.41 bits per heavy atom. The van der Waals surface area contributed by atoms with E-state index in [1.165, 1.54) is 12.8 Å². The number of hydrogen-bond donors (Lipinski definition) is 2. The Labute approximate surface area is 106 Å². The quantitative estimate of drug-likeness (QED) is 0.684. The van der Waals surface area contributed by atoms with Crippen molar-refractivity contribution in [3.63, 3.8) is 0 Å². The number of nitrogens with one attached hydrogen (secondary N) is 1. The Balaban J connectivity index is 2.20. The van der Waals surface area contributed by atoms with Gasteiger partial charge in [0.05, 0.1) is 0 Å². The molecule has 0 aliphatic heterocycles. The molecule has 0 saturated heterocycles. The summed E-state index contributed by atoms with van der Waals surface area (Å²) in [5.41, 5.74) is 5.60. The summed E-state index contributed by atoms with van der Waals surface area (Å²) < 4.78 is 0. The minimum atomic E-state index is 0.215. The average Bonchev–Trinajstić information content (AvgIpc) is 3.07. The molecule has 0 aromatic rings. The lowest BCUT2D eigenvalue weighted by Gasteiger charge is -2.20. The second-order valence-corrected chi connectivity index (χ2v) is 5.81. The molecule has 0 radical (unpaired) electrons. The monoisotopic (exact) mass is 240 g/mol. The van der Waals surface area contributed by atoms with Crippen molar-refractivity contribution in [1.82, 2.24) is 5.32 Å². The highest BCUT2D eigenvalue weighted by Gasteiger charge is 2.28. The van der Waals surface area contributed by atoms with Gasteiger partial charge in [0.15, 0.2) is 0 Å². The topological polar surface area (TPSA) is 55.1 Å². The van der Waals surface area contributed by atoms with Gasteiger partial charge >= 0.3 is 0 Å². The molecule has 0 spiro atoms. The van der Waals surface area contributed by atoms with Crippen LogP contribution in [0.3, 0.4) is 0 Å². The van der Waals surface area contributed by atoms with E-state index in [0.29, 0.717) is 24.3 Å². The van der Waals surface area contributed by atoms with Crippen LogP contribution in [0.25, 0.3) is 0 Å². The molecule has 0 aromatic carbocycles. The van der Waals surface area contributed by atoms with Crippen LogP contribution in [-0.4, -0.2) is 18.5 Å². The summed E-state index contributed by atoms with van der Waals surface area (Å²) in [5.74, 6) is 2.16. The predicted octanol–water partition coefficient (Wildman–Crippen LogP) is 2.30. The maximum absolute atomic E-state index is 11.8. The van der Waals surface area contributed by atoms with Crippen molar-refractivity contribution < 1.29 is 4.79 Å². The van der Waals surface area contributed by atoms with Gasteiger partial charge in [-0.25, -0.2) is 0 Å². The fourth-order valence-corrected chi connectivity index (χ4v) is 2.38. The highest BCUT2D eigenvalue weighted by atomic mass is 16.1. The van der Waals surface area contributed by atoms with E-state index in [-0.39, 0.29) is 5.91 Å². The lowest BCUT2D eigenvalue weighted by molar-refractivity contribution is -0.122. The Bertz CT molecular complexity index is 236. The molecule has 100 valence electrons. The van der Waals surface area contributed by atoms with Gasteiger partial charge in [0.1, 0.15) is 0 Å². The highest BCUT2D eigenvalue weighted by molar-refractivity contribution is 5.76. The molecule has 2 unspecified atom stereocenters. The van der Waals surface area contributed by atoms with Crippen LogP contribution in [0.4, 0.5) is 0 Å². The molecule has 3 nitrogen and oxygen atoms in total. The maximum Gasteiger partial charge on any atom is 0.220 e. The van der Waals surface area contributed by atoms with Crippen molar-refractivity contribution in [2.45, 2.75) is 58.9 Å². The van der Waals surface area contributed by atoms with Crippen LogP contribution in [0.1, 0.15) is 52.9 Å². The zero-order valence-corrected chi connectivity index (χ0v) is 11.5. The van der Waals surface area contributed by atoms with Gasteiger partial charge in [0, 0.05) is 12.5 Å². The van der Waals surface area contributed by atoms with Crippen molar-refractivity contribution in [2.24, 2.45) is 23.5 Å². The second-order valence-electron chi connectivity index (χ2n) is 5.81. The smallest absolute Gasteiger partial charge is 0.220 e. The summed E-state index contributed by atoms with van der Waals surface area (Å²) in [4.78, 5) is 11.8. The van der Waals surface area contributed by atoms with Crippen LogP contribution in [0.15, 0.2) is 0 Å². The van der Waals surface area contributed by atoms with Crippen molar-refractivity contribution >= 4 is 5.91 Å². The van der Waals surface area contributed by atoms with Gasteiger partial charge in [-0.2, -0.15) is 0 Å². The van der Waals surface area contributed by atoms with E-state index in [1.807, 2.05) is 0 Å². The zero-order valence-electron chi connectivity index (χ0n) is 11.5. The van der Waals surface area contributed by atoms with E-state index in [4.69, 9.17) is 5.73 Å². The average molecular weight is 240 g/mol. The first-order valence-corrected chi connectivity index (χ1v) is 7.04. The first kappa shape index (κ1) is 14.5. The van der Waals surface area contributed by atoms with Crippen molar-refractivity contribution in [3.8, 4) is 0 Å². The molecule has 1 fully saturated rings. The van der Waals surface area contributed by atoms with Crippen molar-refractivity contribution in [3.05, 3.63) is 0 Å². The molecule has 1 aliphatic rings. The van der Waals surface area contributed by atoms with Gasteiger partial charge in [-0.05, 0) is 56.9 Å². The zero-order chi connectivity index (χ0) is 12.8. The van der Waals surface area contributed by atoms with Crippen LogP contribution in [0, 0.1) is 17.8 Å². The molecule has 0 aromatic heterocycles. The standard InChI is InChI=1S/C14H28N2O/c1-10(2)12(8-9-15)6-7-14(17)16-11(3)13-4-5-13/h10-13H,4-9,15H2,1-3H3,(H,16,17). The van der Waals surface area contributed by atoms with E-state index in [9.17, 15) is 4.79 Å². The summed E-state index contributed by atoms with van der Waals surface area (Å²) in [6, 6.07) is 0.370. The van der Waals surface area contributed by atoms with Crippen LogP contribution < -0.4 is 11.1 Å². The molecule has 1 aliphatic carbocycles. The molecular weight excluding hydrogens is 212 g/mol. The minimum Gasteiger partial charge on any atom is -0.353 e. The van der Waals surface area contributed by atoms with Crippen LogP contribution in [0.2, 0.25) is 0 Å². The normalized spacial score (nSPS) is 19.1. The second kappa shape index (κ2) is 7.00. The Morgan fingerprint density at radius 1 is 1.29 bits per heavy atom. The SMILES string of the molecule is CC(C)C(CCN)CCC(=O)NC(C)C1CC1. The molecule has 3 N–H and O–H groups in total. The molecule has 17 heavy (non-hydrogen) atoms. The van der Waals surface area contributed by atoms with E-state index in [0.717, 1.165) is 25.3 Å². The minimum absolute atomic E-state index is 0.215. The van der Waals surface area contributed by atoms with E-state index < -0.39 is 0 Å². The molecule has 1 saturated carbocycles. The fraction of sp³-hybridized carbons (Fsp3) is 0.929. The summed E-state index contributed by atoms with van der Waals surface area (Å²) in [5, 5.41) is 3.11. The Morgan fingerprint density at radius 2 is 1.94 bits per heavy atom. The number of amides is 1. The third-order valence-electron chi connectivity index (χ3n) is 3.94. The Hall–Kier alpha value is -0.570. The van der Waals surface area contributed by atoms with Gasteiger partial charge in [0.25, 0.3) is 0 Å². The first-order valence-electron chi connectivity index (χ1n) is 7.04. The highest BCUT2D eigenvalue weighted by Crippen LogP contribution is 2.32. The Kier molecular flexibility index (Phi) is 5.96. The van der Waals surface area contributed by atoms with Crippen LogP contribution in [-0.2, 0) is 4.79 Å². The summed E-state index contributed by atoms with van der Waals surface area (Å²) >= 11 is 0. The predicted molar refractivity (Wildman–Crippen MR) is 71.6 cm³/mol. The number of carbonyl (C=O) groups is 1. The molecular formula is C14H28N2O. The number of carbonyl (C=O) groups excluding carboxylic acids is 1. The molecule has 1 rings (SSSR count). The molecule has 1 amide bonds. The third-order valence-corrected chi connectivity index (χ3v) is 3.94. The number of nitrogens with two attached hydrogens (primary N) is 1. The largest absolute Gasteiger partial charge is 0.353 e. The van der Waals surface area contributed by atoms with Gasteiger partial charge in [-0.1, -0.05) is 13.8 Å². The van der Waals surface area contributed by atoms with Gasteiger partial charge in [0.2, 0.25) is 5.91 Å². The third kappa shape index (κ3) is 5.53. The molecule has 0 heterocycles. The van der Waals surface area contributed by atoms with E-state index in [2.05, 4.69) is 26.1 Å². The summed E-state index contributed by atoms with van der Waals surface area (Å²) in [6.45, 7) is 7.27. The molecule has 0 bridgehead atoms. The van der Waals surface area contributed by atoms with Gasteiger partial charge < -0.3 is 11.1 Å². The lowest BCUT2D eigenvalue weighted by Crippen LogP contribution is -2.34. The van der Waals surface area contributed by atoms with Gasteiger partial charge in [-0.15, -0.1) is 0 Å². The number of hydrogen-bond acceptors (Lipinski definition) is 2. The first-order chi connectivity index (χ1) is 8.04. The summed E-state index contributed by atoms with van der Waals surface area (Å²) in [6.07, 6.45) is 5.22. The van der Waals surface area contributed by atoms with E-state index >= 15 is 0 Å². The maximum atomic E-state index is 11.8. The van der Waals surface area contributed by atoms with Crippen molar-refractivity contribution in [1.29, 1.82) is 0 Å². The van der Waals surface area contributed by atoms with Gasteiger partial charge in [-0.3, -0.25) is 4.79 Å². The van der Waals surface area contributed by atoms with Crippen LogP contribution in [0.5, 0.6) is 0 Å². The molecule has 3 heteroatoms. The number of rotatable bonds is 8. The lowest BCUT2D eigenvalue weighted by atomic mass is 9.88. The van der Waals surface area contributed by atoms with Crippen molar-refractivity contribution in [2.75, 3.05) is 6.54 Å². The summed E-state index contributed by atoms with van der Waals surface area (Å²) in [7, 11) is 0. The fourth-order valence-electron chi connectivity index (χ4n) is 2.38. The molecule has 2 atom stereocenters. The van der Waals surface area contributed by atoms with Crippen LogP contribution >= 0.6 is 0 Å².